The van der Waals surface area contributed by atoms with Crippen molar-refractivity contribution in [3.8, 4) is 0 Å². The van der Waals surface area contributed by atoms with Crippen molar-refractivity contribution in [1.82, 2.24) is 0 Å². The molecule has 0 heterocycles. The van der Waals surface area contributed by atoms with Gasteiger partial charge in [0.05, 0.1) is 0 Å². The van der Waals surface area contributed by atoms with E-state index in [1.165, 1.54) is 63.9 Å². The molecule has 0 nitrogen and oxygen atoms in total. The predicted octanol–water partition coefficient (Wildman–Crippen LogP) is 3.31. The first kappa shape index (κ1) is 32.0. The molecule has 0 saturated heterocycles. The van der Waals surface area contributed by atoms with Gasteiger partial charge in [-0.2, -0.15) is 17.7 Å². The van der Waals surface area contributed by atoms with Gasteiger partial charge in [-0.25, -0.2) is 12.1 Å². The third-order valence-corrected chi connectivity index (χ3v) is 7.70. The second-order valence-electron chi connectivity index (χ2n) is 11.5. The summed E-state index contributed by atoms with van der Waals surface area (Å²) in [5, 5.41) is 5.48. The van der Waals surface area contributed by atoms with Gasteiger partial charge in [-0.15, -0.1) is 39.7 Å². The molecular weight excluding hydrogens is 546 g/mol. The summed E-state index contributed by atoms with van der Waals surface area (Å²) in [5.41, 5.74) is 4.56. The molecule has 1 aliphatic rings. The van der Waals surface area contributed by atoms with Gasteiger partial charge in [-0.1, -0.05) is 83.9 Å². The number of hydrogen-bond donors (Lipinski definition) is 0. The minimum absolute atomic E-state index is 0. The van der Waals surface area contributed by atoms with Gasteiger partial charge in [-0.05, 0) is 10.8 Å². The standard InChI is InChI=1S/C21H25.C6H7.C5H8.2ClH.Zr/c1-20(2,3)16-7-9-18-14(12-16)11-15-13-17(21(4,5)6)8-10-19(15)18;1-6-4-2-3-5-6;1-2-4-5-3-1;;;/h7-13H,1-6H3;2-5H,1H3;1-4H2;2*1H;/q2*-1;;;;+2/p-2. The van der Waals surface area contributed by atoms with E-state index in [-0.39, 0.29) is 35.6 Å². The number of aryl methyl sites for hydroxylation is 1. The van der Waals surface area contributed by atoms with Crippen LogP contribution in [0.1, 0.15) is 83.9 Å². The molecule has 1 fully saturated rings. The van der Waals surface area contributed by atoms with Gasteiger partial charge in [0, 0.05) is 0 Å². The topological polar surface area (TPSA) is 0 Å². The summed E-state index contributed by atoms with van der Waals surface area (Å²) in [6.07, 6.45) is 5.83. The summed E-state index contributed by atoms with van der Waals surface area (Å²) in [6.45, 7) is 15.7. The molecule has 4 aromatic rings. The summed E-state index contributed by atoms with van der Waals surface area (Å²) in [4.78, 5) is 0. The average Bonchev–Trinajstić information content (AvgIpc) is 3.47. The van der Waals surface area contributed by atoms with E-state index in [9.17, 15) is 0 Å². The van der Waals surface area contributed by atoms with Crippen molar-refractivity contribution in [3.63, 3.8) is 0 Å². The fourth-order valence-corrected chi connectivity index (χ4v) is 5.10. The van der Waals surface area contributed by atoms with E-state index in [0.717, 1.165) is 0 Å². The summed E-state index contributed by atoms with van der Waals surface area (Å²) in [6, 6.07) is 24.4. The van der Waals surface area contributed by atoms with Crippen LogP contribution in [0.2, 0.25) is 0 Å². The quantitative estimate of drug-likeness (QED) is 0.278. The zero-order valence-corrected chi connectivity index (χ0v) is 26.4. The average molecular weight is 587 g/mol. The van der Waals surface area contributed by atoms with Crippen molar-refractivity contribution < 1.29 is 49.0 Å². The number of fused-ring (bicyclic) bond motifs is 3. The number of rotatable bonds is 0. The summed E-state index contributed by atoms with van der Waals surface area (Å²) < 4.78 is 1.79. The fourth-order valence-electron chi connectivity index (χ4n) is 4.23. The van der Waals surface area contributed by atoms with Crippen LogP contribution in [0.25, 0.3) is 21.5 Å². The van der Waals surface area contributed by atoms with E-state index in [1.807, 2.05) is 12.1 Å². The fraction of sp³-hybridized carbons (Fsp3) is 0.406. The van der Waals surface area contributed by atoms with E-state index in [2.05, 4.69) is 103 Å². The second-order valence-corrected chi connectivity index (χ2v) is 13.3. The van der Waals surface area contributed by atoms with E-state index in [0.29, 0.717) is 0 Å². The summed E-state index contributed by atoms with van der Waals surface area (Å²) in [7, 11) is 0. The van der Waals surface area contributed by atoms with Crippen LogP contribution in [0.5, 0.6) is 0 Å². The van der Waals surface area contributed by atoms with Crippen molar-refractivity contribution in [2.24, 2.45) is 0 Å². The Kier molecular flexibility index (Phi) is 12.4. The second kappa shape index (κ2) is 13.5. The van der Waals surface area contributed by atoms with Crippen molar-refractivity contribution >= 4 is 24.8 Å². The molecule has 0 unspecified atom stereocenters. The molecule has 0 N–H and O–H groups in total. The van der Waals surface area contributed by atoms with Crippen LogP contribution in [0.4, 0.5) is 0 Å². The van der Waals surface area contributed by atoms with Crippen LogP contribution in [0.3, 0.4) is 0 Å². The third-order valence-electron chi connectivity index (χ3n) is 6.47. The molecule has 188 valence electrons. The molecule has 0 aliphatic heterocycles. The van der Waals surface area contributed by atoms with Crippen molar-refractivity contribution in [2.45, 2.75) is 85.0 Å². The Labute approximate surface area is 240 Å². The molecule has 1 saturated carbocycles. The molecule has 4 aromatic carbocycles. The molecule has 0 atom stereocenters. The number of hydrogen-bond acceptors (Lipinski definition) is 0. The van der Waals surface area contributed by atoms with Gasteiger partial charge in [0.15, 0.2) is 0 Å². The SMILES string of the molecule is CC(C)(C)c1ccc2c(c1)[cH-]c1cc(C(C)(C)C)ccc12.C[c-]1cccc1.[Cl-].[Cl-].[Zr+2]=[C]1CCCC1. The van der Waals surface area contributed by atoms with Crippen LogP contribution in [0, 0.1) is 6.92 Å². The molecule has 0 radical (unpaired) electrons. The zero-order valence-electron chi connectivity index (χ0n) is 22.4. The molecule has 5 rings (SSSR count). The molecule has 0 amide bonds. The van der Waals surface area contributed by atoms with Crippen molar-refractivity contribution in [3.05, 3.63) is 83.4 Å². The predicted molar refractivity (Wildman–Crippen MR) is 145 cm³/mol. The van der Waals surface area contributed by atoms with Gasteiger partial charge >= 0.3 is 53.1 Å². The zero-order chi connectivity index (χ0) is 24.2. The Bertz CT molecular complexity index is 1120. The Balaban J connectivity index is 0.000000360. The van der Waals surface area contributed by atoms with Crippen LogP contribution in [0.15, 0.2) is 66.7 Å². The van der Waals surface area contributed by atoms with E-state index in [1.54, 1.807) is 27.4 Å². The molecule has 3 heteroatoms. The molecular formula is C32H40Cl2Zr-2. The van der Waals surface area contributed by atoms with Gasteiger partial charge in [-0.3, -0.25) is 0 Å². The van der Waals surface area contributed by atoms with E-state index >= 15 is 0 Å². The monoisotopic (exact) mass is 584 g/mol. The van der Waals surface area contributed by atoms with Gasteiger partial charge in [0.2, 0.25) is 0 Å². The van der Waals surface area contributed by atoms with Crippen LogP contribution in [-0.2, 0) is 35.1 Å². The Morgan fingerprint density at radius 1 is 0.714 bits per heavy atom. The normalized spacial score (nSPS) is 13.3. The van der Waals surface area contributed by atoms with Crippen LogP contribution >= 0.6 is 0 Å². The first-order valence-electron chi connectivity index (χ1n) is 12.3. The van der Waals surface area contributed by atoms with E-state index < -0.39 is 0 Å². The first-order chi connectivity index (χ1) is 15.4. The molecule has 0 spiro atoms. The first-order valence-corrected chi connectivity index (χ1v) is 13.6. The molecule has 0 bridgehead atoms. The maximum absolute atomic E-state index is 2.35. The van der Waals surface area contributed by atoms with Crippen LogP contribution in [-0.4, -0.2) is 3.21 Å². The number of halogens is 2. The van der Waals surface area contributed by atoms with Gasteiger partial charge in [0.1, 0.15) is 0 Å². The Morgan fingerprint density at radius 3 is 1.37 bits per heavy atom. The molecule has 35 heavy (non-hydrogen) atoms. The summed E-state index contributed by atoms with van der Waals surface area (Å²) >= 11 is 1.68. The van der Waals surface area contributed by atoms with E-state index in [4.69, 9.17) is 0 Å². The summed E-state index contributed by atoms with van der Waals surface area (Å²) in [5.74, 6) is 0. The molecule has 1 aliphatic carbocycles. The van der Waals surface area contributed by atoms with Gasteiger partial charge < -0.3 is 24.8 Å². The Hall–Kier alpha value is -1.01. The third kappa shape index (κ3) is 9.11. The number of benzene rings is 2. The van der Waals surface area contributed by atoms with Gasteiger partial charge in [0.25, 0.3) is 0 Å². The Morgan fingerprint density at radius 2 is 1.11 bits per heavy atom. The maximum atomic E-state index is 2.35. The molecule has 0 aromatic heterocycles. The van der Waals surface area contributed by atoms with Crippen molar-refractivity contribution in [2.75, 3.05) is 0 Å². The van der Waals surface area contributed by atoms with Crippen molar-refractivity contribution in [1.29, 1.82) is 0 Å². The van der Waals surface area contributed by atoms with Crippen LogP contribution < -0.4 is 24.8 Å². The minimum atomic E-state index is 0.